The van der Waals surface area contributed by atoms with Crippen LogP contribution < -0.4 is 26.0 Å². The van der Waals surface area contributed by atoms with Gasteiger partial charge in [0.25, 0.3) is 5.91 Å². The Morgan fingerprint density at radius 2 is 1.70 bits per heavy atom. The van der Waals surface area contributed by atoms with E-state index in [2.05, 4.69) is 60.0 Å². The first-order valence-corrected chi connectivity index (χ1v) is 24.1. The molecule has 1 aliphatic heterocycles. The summed E-state index contributed by atoms with van der Waals surface area (Å²) in [4.78, 5) is 60.6. The second kappa shape index (κ2) is 21.6. The van der Waals surface area contributed by atoms with Crippen LogP contribution in [0.5, 0.6) is 5.75 Å². The number of ether oxygens (including phenoxy) is 2. The second-order valence-electron chi connectivity index (χ2n) is 19.9. The highest BCUT2D eigenvalue weighted by Gasteiger charge is 2.64. The smallest absolute Gasteiger partial charge is 0.251 e. The van der Waals surface area contributed by atoms with E-state index in [-0.39, 0.29) is 60.9 Å². The number of β-amino-alcohol motifs (C(OH)–C–C–N with tert-alkyl or cyclic N) is 1. The Balaban J connectivity index is 0.878. The average Bonchev–Trinajstić information content (AvgIpc) is 3.91. The van der Waals surface area contributed by atoms with E-state index in [1.165, 1.54) is 4.90 Å². The normalized spacial score (nSPS) is 19.9. The van der Waals surface area contributed by atoms with Gasteiger partial charge < -0.3 is 40.7 Å². The zero-order valence-corrected chi connectivity index (χ0v) is 41.3. The number of nitriles is 1. The number of aromatic nitrogens is 1. The van der Waals surface area contributed by atoms with Crippen molar-refractivity contribution < 1.29 is 33.8 Å². The molecule has 1 unspecified atom stereocenters. The van der Waals surface area contributed by atoms with Crippen molar-refractivity contribution in [2.75, 3.05) is 31.6 Å². The zero-order valence-electron chi connectivity index (χ0n) is 39.7. The minimum Gasteiger partial charge on any atom is -0.489 e. The second-order valence-corrected chi connectivity index (χ2v) is 21.1. The summed E-state index contributed by atoms with van der Waals surface area (Å²) in [5.41, 5.74) is 5.12. The average molecular weight is 955 g/mol. The van der Waals surface area contributed by atoms with Crippen LogP contribution in [-0.2, 0) is 25.7 Å². The van der Waals surface area contributed by atoms with Gasteiger partial charge in [-0.25, -0.2) is 4.98 Å². The van der Waals surface area contributed by atoms with Crippen LogP contribution in [0.2, 0.25) is 5.02 Å². The van der Waals surface area contributed by atoms with Crippen LogP contribution in [0.4, 0.5) is 5.69 Å². The first-order chi connectivity index (χ1) is 31.7. The van der Waals surface area contributed by atoms with E-state index in [9.17, 15) is 29.5 Å². The van der Waals surface area contributed by atoms with Crippen LogP contribution in [0, 0.1) is 34.5 Å². The molecule has 1 aromatic heterocycles. The number of rotatable bonds is 19. The van der Waals surface area contributed by atoms with Gasteiger partial charge in [0.05, 0.1) is 32.8 Å². The number of hydrogen-bond acceptors (Lipinski definition) is 11. The molecule has 1 aliphatic carbocycles. The number of hydrogen-bond donors (Lipinski definition) is 5. The molecule has 6 rings (SSSR count). The van der Waals surface area contributed by atoms with Gasteiger partial charge in [-0.15, -0.1) is 11.3 Å². The Hall–Kier alpha value is -5.53. The number of carbonyl (C=O) groups is 4. The van der Waals surface area contributed by atoms with Crippen LogP contribution in [-0.4, -0.2) is 95.3 Å². The quantitative estimate of drug-likeness (QED) is 0.0583. The summed E-state index contributed by atoms with van der Waals surface area (Å²) in [6.45, 7) is 16.9. The van der Waals surface area contributed by atoms with Gasteiger partial charge in [-0.2, -0.15) is 5.26 Å². The van der Waals surface area contributed by atoms with Gasteiger partial charge in [0.1, 0.15) is 36.6 Å². The van der Waals surface area contributed by atoms with E-state index in [0.29, 0.717) is 35.1 Å². The summed E-state index contributed by atoms with van der Waals surface area (Å²) in [5, 5.41) is 32.5. The Bertz CT molecular complexity index is 2410. The molecule has 2 fully saturated rings. The van der Waals surface area contributed by atoms with E-state index < -0.39 is 35.4 Å². The number of halogens is 1. The summed E-state index contributed by atoms with van der Waals surface area (Å²) in [7, 11) is 0. The lowest BCUT2D eigenvalue weighted by Gasteiger charge is -2.63. The van der Waals surface area contributed by atoms with Gasteiger partial charge in [-0.1, -0.05) is 84.3 Å². The fourth-order valence-corrected chi connectivity index (χ4v) is 10.5. The number of anilines is 1. The van der Waals surface area contributed by atoms with Crippen LogP contribution in [0.15, 0.2) is 72.2 Å². The number of amides is 4. The molecule has 2 heterocycles. The maximum Gasteiger partial charge on any atom is 0.251 e. The molecule has 0 radical (unpaired) electrons. The van der Waals surface area contributed by atoms with Gasteiger partial charge >= 0.3 is 0 Å². The minimum atomic E-state index is -0.945. The standard InChI is InChI=1S/C51H64ClN7O7S/c1-31-42(67-30-56-31)33-14-12-32(13-15-33)27-55-45(63)40-24-37(60)28-59(40)46(64)43(49(2,3)4)57-41(61)29-65-23-11-9-10-22-54-36-19-16-34(17-20-36)44(62)58-47-50(5,6)48(51(47,7)8)66-38-21-18-35(26-53)39(52)25-38/h12-21,25,30,37,40,43,47-48,54,60H,9-11,22-24,27-29H2,1-8H3,(H,55,63)(H,57,61)(H,58,62)/t37-,40+,43?,47-,48-/m1/s1. The number of aryl methyl sites for hydroxylation is 1. The number of benzene rings is 3. The molecule has 5 N–H and O–H groups in total. The lowest BCUT2D eigenvalue weighted by molar-refractivity contribution is -0.164. The monoisotopic (exact) mass is 953 g/mol. The molecule has 3 aromatic carbocycles. The van der Waals surface area contributed by atoms with Crippen molar-refractivity contribution in [2.24, 2.45) is 16.2 Å². The van der Waals surface area contributed by atoms with Crippen molar-refractivity contribution in [3.63, 3.8) is 0 Å². The molecule has 0 bridgehead atoms. The van der Waals surface area contributed by atoms with Crippen LogP contribution in [0.3, 0.4) is 0 Å². The van der Waals surface area contributed by atoms with E-state index >= 15 is 0 Å². The zero-order chi connectivity index (χ0) is 48.7. The van der Waals surface area contributed by atoms with E-state index in [1.807, 2.05) is 69.6 Å². The molecule has 2 aliphatic rings. The minimum absolute atomic E-state index is 0.00791. The Morgan fingerprint density at radius 3 is 2.33 bits per heavy atom. The molecule has 0 spiro atoms. The molecule has 16 heteroatoms. The van der Waals surface area contributed by atoms with E-state index in [1.54, 1.807) is 41.7 Å². The first kappa shape index (κ1) is 50.9. The number of likely N-dealkylation sites (tertiary alicyclic amines) is 1. The largest absolute Gasteiger partial charge is 0.489 e. The van der Waals surface area contributed by atoms with E-state index in [0.717, 1.165) is 46.6 Å². The third kappa shape index (κ3) is 12.3. The molecule has 358 valence electrons. The summed E-state index contributed by atoms with van der Waals surface area (Å²) in [5.74, 6) is -0.814. The third-order valence-corrected chi connectivity index (χ3v) is 14.1. The summed E-state index contributed by atoms with van der Waals surface area (Å²) in [6.07, 6.45) is 1.48. The molecular weight excluding hydrogens is 890 g/mol. The highest BCUT2D eigenvalue weighted by atomic mass is 35.5. The van der Waals surface area contributed by atoms with Gasteiger partial charge in [0, 0.05) is 66.9 Å². The summed E-state index contributed by atoms with van der Waals surface area (Å²) < 4.78 is 12.0. The van der Waals surface area contributed by atoms with Crippen LogP contribution in [0.25, 0.3) is 10.4 Å². The maximum atomic E-state index is 14.0. The molecule has 67 heavy (non-hydrogen) atoms. The molecule has 4 amide bonds. The number of nitrogens with one attached hydrogen (secondary N) is 4. The van der Waals surface area contributed by atoms with Crippen molar-refractivity contribution in [3.05, 3.63) is 99.6 Å². The molecule has 4 aromatic rings. The number of aliphatic hydroxyl groups excluding tert-OH is 1. The highest BCUT2D eigenvalue weighted by molar-refractivity contribution is 7.13. The van der Waals surface area contributed by atoms with Crippen molar-refractivity contribution in [2.45, 2.75) is 118 Å². The number of nitrogens with zero attached hydrogens (tertiary/aromatic N) is 3. The molecule has 14 nitrogen and oxygen atoms in total. The topological polar surface area (TPSA) is 195 Å². The number of carbonyl (C=O) groups excluding carboxylic acids is 4. The van der Waals surface area contributed by atoms with Crippen molar-refractivity contribution in [3.8, 4) is 22.3 Å². The summed E-state index contributed by atoms with van der Waals surface area (Å²) in [6, 6.07) is 20.4. The Labute approximate surface area is 403 Å². The number of thiazole rings is 1. The Morgan fingerprint density at radius 1 is 1.00 bits per heavy atom. The molecule has 3 atom stereocenters. The van der Waals surface area contributed by atoms with Gasteiger partial charge in [0.15, 0.2) is 0 Å². The van der Waals surface area contributed by atoms with Crippen LogP contribution >= 0.6 is 22.9 Å². The van der Waals surface area contributed by atoms with Crippen molar-refractivity contribution in [1.29, 1.82) is 5.26 Å². The molecule has 1 saturated heterocycles. The maximum absolute atomic E-state index is 14.0. The molecular formula is C51H64ClN7O7S. The van der Waals surface area contributed by atoms with Crippen molar-refractivity contribution in [1.82, 2.24) is 25.8 Å². The third-order valence-electron chi connectivity index (χ3n) is 12.8. The van der Waals surface area contributed by atoms with Gasteiger partial charge in [-0.05, 0) is 79.1 Å². The predicted octanol–water partition coefficient (Wildman–Crippen LogP) is 7.66. The van der Waals surface area contributed by atoms with Crippen LogP contribution in [0.1, 0.15) is 101 Å². The number of aliphatic hydroxyl groups is 1. The highest BCUT2D eigenvalue weighted by Crippen LogP contribution is 2.55. The lowest BCUT2D eigenvalue weighted by atomic mass is 9.49. The van der Waals surface area contributed by atoms with E-state index in [4.69, 9.17) is 21.1 Å². The number of unbranched alkanes of at least 4 members (excludes halogenated alkanes) is 2. The van der Waals surface area contributed by atoms with Gasteiger partial charge in [0.2, 0.25) is 17.7 Å². The predicted molar refractivity (Wildman–Crippen MR) is 261 cm³/mol. The Kier molecular flexibility index (Phi) is 16.4. The fourth-order valence-electron chi connectivity index (χ4n) is 9.44. The SMILES string of the molecule is Cc1ncsc1-c1ccc(CNC(=O)[C@@H]2C[C@@H](O)CN2C(=O)C(NC(=O)COCCCCCNc2ccc(C(=O)N[C@H]3C(C)(C)[C@H](Oc4ccc(C#N)c(Cl)c4)C3(C)C)cc2)C(C)(C)C)cc1. The lowest BCUT2D eigenvalue weighted by Crippen LogP contribution is -2.74. The molecule has 1 saturated carbocycles. The first-order valence-electron chi connectivity index (χ1n) is 22.8. The van der Waals surface area contributed by atoms with Gasteiger partial charge in [-0.3, -0.25) is 19.2 Å². The summed E-state index contributed by atoms with van der Waals surface area (Å²) >= 11 is 7.81. The van der Waals surface area contributed by atoms with Crippen molar-refractivity contribution >= 4 is 52.3 Å². The fraction of sp³-hybridized carbons (Fsp3) is 0.490.